The summed E-state index contributed by atoms with van der Waals surface area (Å²) in [5.41, 5.74) is 3.19. The zero-order valence-electron chi connectivity index (χ0n) is 12.0. The van der Waals surface area contributed by atoms with Crippen molar-refractivity contribution in [1.29, 1.82) is 0 Å². The third-order valence-electron chi connectivity index (χ3n) is 3.44. The summed E-state index contributed by atoms with van der Waals surface area (Å²) in [6.45, 7) is 5.04. The Kier molecular flexibility index (Phi) is 3.92. The Morgan fingerprint density at radius 2 is 2.14 bits per heavy atom. The number of aromatic nitrogens is 3. The third kappa shape index (κ3) is 2.93. The van der Waals surface area contributed by atoms with Gasteiger partial charge in [-0.05, 0) is 41.9 Å². The highest BCUT2D eigenvalue weighted by Crippen LogP contribution is 2.24. The van der Waals surface area contributed by atoms with Crippen LogP contribution >= 0.6 is 15.9 Å². The molecule has 3 aromatic rings. The maximum atomic E-state index is 4.51. The minimum Gasteiger partial charge on any atom is -0.378 e. The second-order valence-corrected chi connectivity index (χ2v) is 6.19. The highest BCUT2D eigenvalue weighted by atomic mass is 79.9. The van der Waals surface area contributed by atoms with Crippen LogP contribution in [0, 0.1) is 0 Å². The van der Waals surface area contributed by atoms with Gasteiger partial charge in [-0.2, -0.15) is 0 Å². The van der Waals surface area contributed by atoms with Crippen LogP contribution in [0.5, 0.6) is 0 Å². The zero-order chi connectivity index (χ0) is 14.8. The predicted molar refractivity (Wildman–Crippen MR) is 89.4 cm³/mol. The van der Waals surface area contributed by atoms with Gasteiger partial charge >= 0.3 is 0 Å². The van der Waals surface area contributed by atoms with Gasteiger partial charge in [0, 0.05) is 28.3 Å². The Hall–Kier alpha value is -1.88. The lowest BCUT2D eigenvalue weighted by Crippen LogP contribution is -2.09. The molecule has 1 N–H and O–H groups in total. The molecule has 21 heavy (non-hydrogen) atoms. The van der Waals surface area contributed by atoms with Crippen molar-refractivity contribution in [3.63, 3.8) is 0 Å². The van der Waals surface area contributed by atoms with Crippen LogP contribution in [0.2, 0.25) is 0 Å². The summed E-state index contributed by atoms with van der Waals surface area (Å²) in [6.07, 6.45) is 5.61. The summed E-state index contributed by atoms with van der Waals surface area (Å²) in [4.78, 5) is 8.74. The Morgan fingerprint density at radius 3 is 2.95 bits per heavy atom. The molecule has 0 aliphatic heterocycles. The Bertz CT molecular complexity index is 764. The first-order valence-corrected chi connectivity index (χ1v) is 7.73. The fraction of sp³-hybridized carbons (Fsp3) is 0.250. The molecule has 108 valence electrons. The minimum atomic E-state index is 0.408. The van der Waals surface area contributed by atoms with Gasteiger partial charge in [-0.25, -0.2) is 4.98 Å². The molecular weight excluding hydrogens is 328 g/mol. The van der Waals surface area contributed by atoms with Crippen LogP contribution in [0.1, 0.15) is 25.6 Å². The van der Waals surface area contributed by atoms with Gasteiger partial charge in [-0.1, -0.05) is 12.1 Å². The van der Waals surface area contributed by atoms with Crippen molar-refractivity contribution in [3.05, 3.63) is 53.2 Å². The van der Waals surface area contributed by atoms with Crippen LogP contribution in [0.4, 0.5) is 5.69 Å². The molecule has 0 saturated heterocycles. The van der Waals surface area contributed by atoms with Gasteiger partial charge in [0.25, 0.3) is 0 Å². The number of hydrogen-bond donors (Lipinski definition) is 1. The molecule has 0 atom stereocenters. The van der Waals surface area contributed by atoms with E-state index in [1.54, 1.807) is 0 Å². The fourth-order valence-corrected chi connectivity index (χ4v) is 2.75. The lowest BCUT2D eigenvalue weighted by atomic mass is 10.2. The summed E-state index contributed by atoms with van der Waals surface area (Å²) in [5, 5.41) is 4.58. The molecule has 0 radical (unpaired) electrons. The van der Waals surface area contributed by atoms with Crippen LogP contribution in [-0.2, 0) is 6.54 Å². The van der Waals surface area contributed by atoms with Gasteiger partial charge in [0.1, 0.15) is 0 Å². The van der Waals surface area contributed by atoms with Crippen LogP contribution in [0.15, 0.2) is 47.5 Å². The number of hydrogen-bond acceptors (Lipinski definition) is 3. The molecule has 3 rings (SSSR count). The Balaban J connectivity index is 1.87. The first-order valence-electron chi connectivity index (χ1n) is 6.94. The molecule has 0 spiro atoms. The van der Waals surface area contributed by atoms with Crippen molar-refractivity contribution in [2.45, 2.75) is 26.4 Å². The standard InChI is InChI=1S/C16H17BrN4/c1-11(2)21-10-18-8-14(21)9-19-15-5-3-4-12-6-13(17)7-20-16(12)15/h3-8,10-11,19H,9H2,1-2H3. The average molecular weight is 345 g/mol. The van der Waals surface area contributed by atoms with E-state index < -0.39 is 0 Å². The highest BCUT2D eigenvalue weighted by molar-refractivity contribution is 9.10. The van der Waals surface area contributed by atoms with Gasteiger partial charge in [-0.15, -0.1) is 0 Å². The monoisotopic (exact) mass is 344 g/mol. The maximum absolute atomic E-state index is 4.51. The van der Waals surface area contributed by atoms with Gasteiger partial charge in [0.2, 0.25) is 0 Å². The number of imidazole rings is 1. The number of pyridine rings is 1. The topological polar surface area (TPSA) is 42.7 Å². The quantitative estimate of drug-likeness (QED) is 0.763. The van der Waals surface area contributed by atoms with Crippen molar-refractivity contribution >= 4 is 32.5 Å². The number of halogens is 1. The molecule has 5 heteroatoms. The molecule has 0 aliphatic rings. The average Bonchev–Trinajstić information content (AvgIpc) is 2.93. The van der Waals surface area contributed by atoms with E-state index >= 15 is 0 Å². The second-order valence-electron chi connectivity index (χ2n) is 5.27. The van der Waals surface area contributed by atoms with Gasteiger partial charge in [0.05, 0.1) is 29.8 Å². The van der Waals surface area contributed by atoms with Crippen molar-refractivity contribution in [2.24, 2.45) is 0 Å². The van der Waals surface area contributed by atoms with Gasteiger partial charge in [-0.3, -0.25) is 4.98 Å². The molecule has 0 aliphatic carbocycles. The van der Waals surface area contributed by atoms with E-state index in [2.05, 4.69) is 67.8 Å². The smallest absolute Gasteiger partial charge is 0.0951 e. The maximum Gasteiger partial charge on any atom is 0.0951 e. The number of anilines is 1. The molecular formula is C16H17BrN4. The molecule has 2 heterocycles. The van der Waals surface area contributed by atoms with E-state index in [1.807, 2.05) is 24.8 Å². The molecule has 1 aromatic carbocycles. The molecule has 4 nitrogen and oxygen atoms in total. The Labute approximate surface area is 132 Å². The summed E-state index contributed by atoms with van der Waals surface area (Å²) in [5.74, 6) is 0. The molecule has 0 bridgehead atoms. The van der Waals surface area contributed by atoms with Crippen LogP contribution < -0.4 is 5.32 Å². The number of fused-ring (bicyclic) bond motifs is 1. The van der Waals surface area contributed by atoms with E-state index in [1.165, 1.54) is 5.69 Å². The van der Waals surface area contributed by atoms with Crippen molar-refractivity contribution < 1.29 is 0 Å². The normalized spacial score (nSPS) is 11.2. The molecule has 0 fully saturated rings. The lowest BCUT2D eigenvalue weighted by Gasteiger charge is -2.13. The third-order valence-corrected chi connectivity index (χ3v) is 3.87. The SMILES string of the molecule is CC(C)n1cncc1CNc1cccc2cc(Br)cnc12. The molecule has 0 saturated carbocycles. The van der Waals surface area contributed by atoms with Crippen molar-refractivity contribution in [3.8, 4) is 0 Å². The summed E-state index contributed by atoms with van der Waals surface area (Å²) in [6, 6.07) is 8.64. The Morgan fingerprint density at radius 1 is 1.29 bits per heavy atom. The van der Waals surface area contributed by atoms with E-state index in [0.29, 0.717) is 6.04 Å². The summed E-state index contributed by atoms with van der Waals surface area (Å²) < 4.78 is 3.16. The number of para-hydroxylation sites is 1. The first-order chi connectivity index (χ1) is 10.1. The minimum absolute atomic E-state index is 0.408. The number of nitrogens with zero attached hydrogens (tertiary/aromatic N) is 3. The molecule has 0 unspecified atom stereocenters. The van der Waals surface area contributed by atoms with E-state index in [9.17, 15) is 0 Å². The van der Waals surface area contributed by atoms with E-state index in [-0.39, 0.29) is 0 Å². The number of nitrogens with one attached hydrogen (secondary N) is 1. The van der Waals surface area contributed by atoms with E-state index in [0.717, 1.165) is 27.6 Å². The van der Waals surface area contributed by atoms with Crippen molar-refractivity contribution in [2.75, 3.05) is 5.32 Å². The predicted octanol–water partition coefficient (Wildman–Crippen LogP) is 4.39. The highest BCUT2D eigenvalue weighted by Gasteiger charge is 2.07. The van der Waals surface area contributed by atoms with E-state index in [4.69, 9.17) is 0 Å². The fourth-order valence-electron chi connectivity index (χ4n) is 2.40. The molecule has 0 amide bonds. The van der Waals surface area contributed by atoms with Gasteiger partial charge in [0.15, 0.2) is 0 Å². The number of benzene rings is 1. The zero-order valence-corrected chi connectivity index (χ0v) is 13.6. The first kappa shape index (κ1) is 14.1. The van der Waals surface area contributed by atoms with Crippen molar-refractivity contribution in [1.82, 2.24) is 14.5 Å². The molecule has 2 aromatic heterocycles. The largest absolute Gasteiger partial charge is 0.378 e. The second kappa shape index (κ2) is 5.85. The summed E-state index contributed by atoms with van der Waals surface area (Å²) in [7, 11) is 0. The van der Waals surface area contributed by atoms with Crippen LogP contribution in [0.25, 0.3) is 10.9 Å². The van der Waals surface area contributed by atoms with Gasteiger partial charge < -0.3 is 9.88 Å². The summed E-state index contributed by atoms with van der Waals surface area (Å²) >= 11 is 3.46. The van der Waals surface area contributed by atoms with Crippen LogP contribution in [-0.4, -0.2) is 14.5 Å². The number of rotatable bonds is 4. The lowest BCUT2D eigenvalue weighted by molar-refractivity contribution is 0.577. The van der Waals surface area contributed by atoms with Crippen LogP contribution in [0.3, 0.4) is 0 Å².